The van der Waals surface area contributed by atoms with Crippen LogP contribution < -0.4 is 20.6 Å². The zero-order valence-corrected chi connectivity index (χ0v) is 19.3. The molecule has 1 aliphatic rings. The minimum Gasteiger partial charge on any atom is -0.421 e. The van der Waals surface area contributed by atoms with E-state index in [4.69, 9.17) is 4.42 Å². The Bertz CT molecular complexity index is 1370. The summed E-state index contributed by atoms with van der Waals surface area (Å²) in [4.78, 5) is 26.0. The number of nitrogens with one attached hydrogen (secondary N) is 2. The lowest BCUT2D eigenvalue weighted by Gasteiger charge is -2.18. The Morgan fingerprint density at radius 1 is 1.23 bits per heavy atom. The Labute approximate surface area is 187 Å². The first-order valence-corrected chi connectivity index (χ1v) is 11.9. The molecule has 8 nitrogen and oxygen atoms in total. The van der Waals surface area contributed by atoms with Gasteiger partial charge in [0.1, 0.15) is 10.5 Å². The average Bonchev–Trinajstić information content (AvgIpc) is 3.13. The van der Waals surface area contributed by atoms with Crippen molar-refractivity contribution in [3.05, 3.63) is 56.9 Å². The second-order valence-corrected chi connectivity index (χ2v) is 9.61. The monoisotopic (exact) mass is 505 g/mol. The zero-order valence-electron chi connectivity index (χ0n) is 16.9. The van der Waals surface area contributed by atoms with Gasteiger partial charge in [0, 0.05) is 35.6 Å². The number of sulfonamides is 1. The molecule has 0 spiro atoms. The fourth-order valence-electron chi connectivity index (χ4n) is 3.71. The molecule has 2 aromatic carbocycles. The van der Waals surface area contributed by atoms with Crippen molar-refractivity contribution in [3.8, 4) is 0 Å². The maximum atomic E-state index is 13.3. The summed E-state index contributed by atoms with van der Waals surface area (Å²) in [5.74, 6) is -0.165. The fraction of sp³-hybridized carbons (Fsp3) is 0.238. The molecule has 31 heavy (non-hydrogen) atoms. The van der Waals surface area contributed by atoms with Crippen LogP contribution in [0.1, 0.15) is 19.4 Å². The van der Waals surface area contributed by atoms with Gasteiger partial charge < -0.3 is 14.6 Å². The lowest BCUT2D eigenvalue weighted by molar-refractivity contribution is -0.116. The van der Waals surface area contributed by atoms with E-state index >= 15 is 0 Å². The number of hydrogen-bond acceptors (Lipinski definition) is 6. The average molecular weight is 506 g/mol. The van der Waals surface area contributed by atoms with E-state index in [9.17, 15) is 18.0 Å². The number of anilines is 3. The van der Waals surface area contributed by atoms with Crippen molar-refractivity contribution < 1.29 is 17.6 Å². The normalized spacial score (nSPS) is 13.3. The van der Waals surface area contributed by atoms with Gasteiger partial charge in [0.25, 0.3) is 10.0 Å². The van der Waals surface area contributed by atoms with Gasteiger partial charge in [0.2, 0.25) is 5.91 Å². The van der Waals surface area contributed by atoms with Gasteiger partial charge in [-0.2, -0.15) is 0 Å². The molecule has 2 heterocycles. The van der Waals surface area contributed by atoms with E-state index in [1.807, 2.05) is 6.92 Å². The van der Waals surface area contributed by atoms with Crippen molar-refractivity contribution >= 4 is 59.9 Å². The number of nitrogens with zero attached hydrogens (tertiary/aromatic N) is 1. The minimum absolute atomic E-state index is 0.0746. The summed E-state index contributed by atoms with van der Waals surface area (Å²) in [7, 11) is -4.18. The zero-order chi connectivity index (χ0) is 22.3. The van der Waals surface area contributed by atoms with Crippen LogP contribution in [0.15, 0.2) is 55.0 Å². The van der Waals surface area contributed by atoms with Gasteiger partial charge >= 0.3 is 5.63 Å². The van der Waals surface area contributed by atoms with Crippen molar-refractivity contribution in [2.45, 2.75) is 25.2 Å². The highest BCUT2D eigenvalue weighted by Crippen LogP contribution is 2.37. The quantitative estimate of drug-likeness (QED) is 0.511. The highest BCUT2D eigenvalue weighted by molar-refractivity contribution is 9.10. The first-order valence-electron chi connectivity index (χ1n) is 9.66. The predicted molar refractivity (Wildman–Crippen MR) is 123 cm³/mol. The van der Waals surface area contributed by atoms with E-state index in [0.717, 1.165) is 5.56 Å². The molecule has 0 atom stereocenters. The van der Waals surface area contributed by atoms with Gasteiger partial charge in [-0.25, -0.2) is 13.2 Å². The maximum Gasteiger partial charge on any atom is 0.363 e. The van der Waals surface area contributed by atoms with Crippen LogP contribution in [0, 0.1) is 0 Å². The van der Waals surface area contributed by atoms with Crippen molar-refractivity contribution in [1.29, 1.82) is 0 Å². The van der Waals surface area contributed by atoms with E-state index in [0.29, 0.717) is 46.3 Å². The Kier molecular flexibility index (Phi) is 5.52. The molecule has 0 bridgehead atoms. The molecule has 3 aromatic rings. The fourth-order valence-corrected chi connectivity index (χ4v) is 5.89. The third kappa shape index (κ3) is 3.81. The van der Waals surface area contributed by atoms with Crippen molar-refractivity contribution in [3.63, 3.8) is 0 Å². The van der Waals surface area contributed by atoms with Crippen LogP contribution in [0.3, 0.4) is 0 Å². The van der Waals surface area contributed by atoms with E-state index in [1.165, 1.54) is 17.9 Å². The SMILES string of the molecule is CCNc1c(NS(=O)(=O)c2cc3c(cc2Br)CCN3C(C)=O)c(=O)oc2ccccc12. The van der Waals surface area contributed by atoms with Crippen LogP contribution in [0.2, 0.25) is 0 Å². The summed E-state index contributed by atoms with van der Waals surface area (Å²) in [6.45, 7) is 4.24. The highest BCUT2D eigenvalue weighted by Gasteiger charge is 2.29. The van der Waals surface area contributed by atoms with Crippen LogP contribution in [0.4, 0.5) is 17.1 Å². The third-order valence-corrected chi connectivity index (χ3v) is 7.41. The number of hydrogen-bond donors (Lipinski definition) is 2. The lowest BCUT2D eigenvalue weighted by atomic mass is 10.2. The first kappa shape index (κ1) is 21.4. The number of halogens is 1. The summed E-state index contributed by atoms with van der Waals surface area (Å²) < 4.78 is 34.6. The number of rotatable bonds is 5. The van der Waals surface area contributed by atoms with Gasteiger partial charge in [-0.1, -0.05) is 12.1 Å². The molecule has 162 valence electrons. The summed E-state index contributed by atoms with van der Waals surface area (Å²) >= 11 is 3.32. The number of carbonyl (C=O) groups excluding carboxylic acids is 1. The van der Waals surface area contributed by atoms with Gasteiger partial charge in [0.05, 0.1) is 5.69 Å². The van der Waals surface area contributed by atoms with Crippen LogP contribution in [0.25, 0.3) is 11.0 Å². The number of fused-ring (bicyclic) bond motifs is 2. The molecule has 0 radical (unpaired) electrons. The molecule has 0 aliphatic carbocycles. The molecule has 0 fully saturated rings. The van der Waals surface area contributed by atoms with Gasteiger partial charge in [-0.3, -0.25) is 9.52 Å². The highest BCUT2D eigenvalue weighted by atomic mass is 79.9. The number of amides is 1. The summed E-state index contributed by atoms with van der Waals surface area (Å²) in [6.07, 6.45) is 0.639. The molecule has 10 heteroatoms. The van der Waals surface area contributed by atoms with Crippen LogP contribution in [0.5, 0.6) is 0 Å². The Morgan fingerprint density at radius 3 is 2.68 bits per heavy atom. The molecule has 0 saturated heterocycles. The van der Waals surface area contributed by atoms with Gasteiger partial charge in [0.15, 0.2) is 5.69 Å². The van der Waals surface area contributed by atoms with Gasteiger partial charge in [-0.05, 0) is 59.1 Å². The molecule has 0 saturated carbocycles. The molecule has 0 unspecified atom stereocenters. The Balaban J connectivity index is 1.84. The molecular formula is C21H20BrN3O5S. The summed E-state index contributed by atoms with van der Waals surface area (Å²) in [5, 5.41) is 3.64. The number of carbonyl (C=O) groups is 1. The molecule has 4 rings (SSSR count). The number of para-hydroxylation sites is 1. The second kappa shape index (κ2) is 8.01. The lowest BCUT2D eigenvalue weighted by Crippen LogP contribution is -2.26. The van der Waals surface area contributed by atoms with Gasteiger partial charge in [-0.15, -0.1) is 0 Å². The van der Waals surface area contributed by atoms with Crippen molar-refractivity contribution in [2.75, 3.05) is 28.0 Å². The van der Waals surface area contributed by atoms with E-state index in [1.54, 1.807) is 30.3 Å². The minimum atomic E-state index is -4.18. The standard InChI is InChI=1S/C21H20BrN3O5S/c1-3-23-19-14-6-4-5-7-17(14)30-21(27)20(19)24-31(28,29)18-11-16-13(10-15(18)22)8-9-25(16)12(2)26/h4-7,10-11,23-24H,3,8-9H2,1-2H3. The molecule has 1 aromatic heterocycles. The largest absolute Gasteiger partial charge is 0.421 e. The predicted octanol–water partition coefficient (Wildman–Crippen LogP) is 3.70. The van der Waals surface area contributed by atoms with E-state index in [-0.39, 0.29) is 16.5 Å². The summed E-state index contributed by atoms with van der Waals surface area (Å²) in [6, 6.07) is 10.0. The van der Waals surface area contributed by atoms with Crippen LogP contribution in [-0.4, -0.2) is 27.4 Å². The second-order valence-electron chi connectivity index (χ2n) is 7.10. The topological polar surface area (TPSA) is 109 Å². The smallest absolute Gasteiger partial charge is 0.363 e. The molecular weight excluding hydrogens is 486 g/mol. The Hall–Kier alpha value is -2.85. The van der Waals surface area contributed by atoms with Crippen molar-refractivity contribution in [2.24, 2.45) is 0 Å². The van der Waals surface area contributed by atoms with Crippen molar-refractivity contribution in [1.82, 2.24) is 0 Å². The van der Waals surface area contributed by atoms with Crippen LogP contribution >= 0.6 is 15.9 Å². The maximum absolute atomic E-state index is 13.3. The molecule has 1 amide bonds. The van der Waals surface area contributed by atoms with Crippen LogP contribution in [-0.2, 0) is 21.2 Å². The number of benzene rings is 2. The molecule has 2 N–H and O–H groups in total. The molecule has 1 aliphatic heterocycles. The Morgan fingerprint density at radius 2 is 1.97 bits per heavy atom. The van der Waals surface area contributed by atoms with E-state index < -0.39 is 15.6 Å². The third-order valence-electron chi connectivity index (χ3n) is 5.10. The summed E-state index contributed by atoms with van der Waals surface area (Å²) in [5.41, 5.74) is 1.12. The van der Waals surface area contributed by atoms with E-state index in [2.05, 4.69) is 26.0 Å². The first-order chi connectivity index (χ1) is 14.7.